The first-order chi connectivity index (χ1) is 16.2. The lowest BCUT2D eigenvalue weighted by atomic mass is 10.1. The van der Waals surface area contributed by atoms with Crippen molar-refractivity contribution in [3.05, 3.63) is 48.0 Å². The zero-order valence-corrected chi connectivity index (χ0v) is 20.5. The van der Waals surface area contributed by atoms with Gasteiger partial charge in [-0.3, -0.25) is 13.9 Å². The van der Waals surface area contributed by atoms with Crippen molar-refractivity contribution < 1.29 is 27.5 Å². The van der Waals surface area contributed by atoms with Gasteiger partial charge >= 0.3 is 0 Å². The molecule has 2 aromatic carbocycles. The molecule has 2 amide bonds. The zero-order chi connectivity index (χ0) is 24.7. The van der Waals surface area contributed by atoms with Gasteiger partial charge in [0.15, 0.2) is 11.5 Å². The number of rotatable bonds is 10. The summed E-state index contributed by atoms with van der Waals surface area (Å²) in [4.78, 5) is 25.1. The lowest BCUT2D eigenvalue weighted by molar-refractivity contribution is -0.116. The molecular formula is C24H31N3O6S. The van der Waals surface area contributed by atoms with Crippen molar-refractivity contribution in [1.29, 1.82) is 0 Å². The van der Waals surface area contributed by atoms with Gasteiger partial charge in [0.1, 0.15) is 13.2 Å². The molecule has 1 unspecified atom stereocenters. The van der Waals surface area contributed by atoms with Crippen molar-refractivity contribution in [2.24, 2.45) is 0 Å². The number of benzene rings is 2. The number of hydrogen-bond donors (Lipinski definition) is 2. The number of nitrogens with one attached hydrogen (secondary N) is 2. The van der Waals surface area contributed by atoms with Crippen molar-refractivity contribution in [3.8, 4) is 11.5 Å². The Morgan fingerprint density at radius 2 is 1.79 bits per heavy atom. The standard InChI is InChI=1S/C24H31N3O6S/c1-4-17(2)25-24(29)19-8-5-6-9-20(19)26-23(28)10-7-13-27(34(3,30)31)18-11-12-21-22(16-18)33-15-14-32-21/h5-6,8-9,11-12,16-17H,4,7,10,13-15H2,1-3H3,(H,25,29)(H,26,28). The van der Waals surface area contributed by atoms with Gasteiger partial charge in [0.05, 0.1) is 23.2 Å². The van der Waals surface area contributed by atoms with Crippen molar-refractivity contribution in [2.75, 3.05) is 35.6 Å². The Morgan fingerprint density at radius 1 is 1.09 bits per heavy atom. The highest BCUT2D eigenvalue weighted by atomic mass is 32.2. The molecule has 2 N–H and O–H groups in total. The van der Waals surface area contributed by atoms with Crippen molar-refractivity contribution in [2.45, 2.75) is 39.2 Å². The normalized spacial score (nSPS) is 13.6. The largest absolute Gasteiger partial charge is 0.486 e. The van der Waals surface area contributed by atoms with E-state index in [2.05, 4.69) is 10.6 Å². The van der Waals surface area contributed by atoms with Gasteiger partial charge in [-0.15, -0.1) is 0 Å². The van der Waals surface area contributed by atoms with Crippen LogP contribution < -0.4 is 24.4 Å². The quantitative estimate of drug-likeness (QED) is 0.530. The number of fused-ring (bicyclic) bond motifs is 1. The van der Waals surface area contributed by atoms with Gasteiger partial charge in [-0.1, -0.05) is 19.1 Å². The molecule has 0 saturated carbocycles. The van der Waals surface area contributed by atoms with Crippen molar-refractivity contribution in [1.82, 2.24) is 5.32 Å². The highest BCUT2D eigenvalue weighted by molar-refractivity contribution is 7.92. The molecule has 0 aliphatic carbocycles. The van der Waals surface area contributed by atoms with Gasteiger partial charge < -0.3 is 20.1 Å². The number of amides is 2. The van der Waals surface area contributed by atoms with E-state index >= 15 is 0 Å². The van der Waals surface area contributed by atoms with Gasteiger partial charge in [0.2, 0.25) is 15.9 Å². The van der Waals surface area contributed by atoms with E-state index in [9.17, 15) is 18.0 Å². The summed E-state index contributed by atoms with van der Waals surface area (Å²) < 4.78 is 37.1. The Morgan fingerprint density at radius 3 is 2.50 bits per heavy atom. The van der Waals surface area contributed by atoms with Crippen LogP contribution in [0, 0.1) is 0 Å². The first kappa shape index (κ1) is 25.4. The average molecular weight is 490 g/mol. The van der Waals surface area contributed by atoms with Crippen LogP contribution in [0.25, 0.3) is 0 Å². The molecule has 3 rings (SSSR count). The molecule has 0 spiro atoms. The minimum atomic E-state index is -3.58. The first-order valence-electron chi connectivity index (χ1n) is 11.3. The van der Waals surface area contributed by atoms with Crippen LogP contribution in [0.3, 0.4) is 0 Å². The highest BCUT2D eigenvalue weighted by Crippen LogP contribution is 2.34. The summed E-state index contributed by atoms with van der Waals surface area (Å²) in [6, 6.07) is 11.8. The van der Waals surface area contributed by atoms with E-state index in [0.29, 0.717) is 41.7 Å². The first-order valence-corrected chi connectivity index (χ1v) is 13.1. The summed E-state index contributed by atoms with van der Waals surface area (Å²) >= 11 is 0. The van der Waals surface area contributed by atoms with E-state index in [1.54, 1.807) is 42.5 Å². The van der Waals surface area contributed by atoms with E-state index in [4.69, 9.17) is 9.47 Å². The molecule has 1 aliphatic rings. The van der Waals surface area contributed by atoms with Crippen LogP contribution in [0.2, 0.25) is 0 Å². The maximum atomic E-state index is 12.6. The third-order valence-corrected chi connectivity index (χ3v) is 6.61. The van der Waals surface area contributed by atoms with E-state index in [1.165, 1.54) is 4.31 Å². The molecular weight excluding hydrogens is 458 g/mol. The van der Waals surface area contributed by atoms with Crippen LogP contribution in [0.15, 0.2) is 42.5 Å². The molecule has 9 nitrogen and oxygen atoms in total. The Kier molecular flexibility index (Phi) is 8.38. The maximum Gasteiger partial charge on any atom is 0.253 e. The van der Waals surface area contributed by atoms with Crippen LogP contribution in [0.4, 0.5) is 11.4 Å². The van der Waals surface area contributed by atoms with E-state index in [0.717, 1.165) is 12.7 Å². The van der Waals surface area contributed by atoms with E-state index < -0.39 is 10.0 Å². The molecule has 1 aliphatic heterocycles. The molecule has 34 heavy (non-hydrogen) atoms. The average Bonchev–Trinajstić information content (AvgIpc) is 2.81. The lowest BCUT2D eigenvalue weighted by Crippen LogP contribution is -2.33. The molecule has 0 fully saturated rings. The molecule has 0 aromatic heterocycles. The number of nitrogens with zero attached hydrogens (tertiary/aromatic N) is 1. The van der Waals surface area contributed by atoms with Gasteiger partial charge in [0, 0.05) is 25.1 Å². The zero-order valence-electron chi connectivity index (χ0n) is 19.7. The van der Waals surface area contributed by atoms with Crippen molar-refractivity contribution >= 4 is 33.2 Å². The summed E-state index contributed by atoms with van der Waals surface area (Å²) in [5.74, 6) is 0.493. The van der Waals surface area contributed by atoms with Crippen LogP contribution in [-0.2, 0) is 14.8 Å². The number of anilines is 2. The molecule has 2 aromatic rings. The molecule has 10 heteroatoms. The minimum absolute atomic E-state index is 0.0128. The third-order valence-electron chi connectivity index (χ3n) is 5.41. The van der Waals surface area contributed by atoms with Gasteiger partial charge in [-0.2, -0.15) is 0 Å². The number of sulfonamides is 1. The van der Waals surface area contributed by atoms with Crippen LogP contribution >= 0.6 is 0 Å². The molecule has 0 saturated heterocycles. The Bertz CT molecular complexity index is 1140. The monoisotopic (exact) mass is 489 g/mol. The number of ether oxygens (including phenoxy) is 2. The molecule has 1 heterocycles. The van der Waals surface area contributed by atoms with Gasteiger partial charge in [-0.05, 0) is 44.0 Å². The Balaban J connectivity index is 1.63. The van der Waals surface area contributed by atoms with Crippen molar-refractivity contribution in [3.63, 3.8) is 0 Å². The maximum absolute atomic E-state index is 12.6. The lowest BCUT2D eigenvalue weighted by Gasteiger charge is -2.25. The minimum Gasteiger partial charge on any atom is -0.486 e. The smallest absolute Gasteiger partial charge is 0.253 e. The number of carbonyl (C=O) groups excluding carboxylic acids is 2. The van der Waals surface area contributed by atoms with Crippen LogP contribution in [0.1, 0.15) is 43.5 Å². The predicted molar refractivity (Wildman–Crippen MR) is 131 cm³/mol. The van der Waals surface area contributed by atoms with E-state index in [-0.39, 0.29) is 37.2 Å². The fraction of sp³-hybridized carbons (Fsp3) is 0.417. The summed E-state index contributed by atoms with van der Waals surface area (Å²) in [5, 5.41) is 5.66. The Labute approximate surface area is 200 Å². The molecule has 184 valence electrons. The second kappa shape index (κ2) is 11.2. The predicted octanol–water partition coefficient (Wildman–Crippen LogP) is 3.17. The third kappa shape index (κ3) is 6.63. The SMILES string of the molecule is CCC(C)NC(=O)c1ccccc1NC(=O)CCCN(c1ccc2c(c1)OCCO2)S(C)(=O)=O. The second-order valence-electron chi connectivity index (χ2n) is 8.14. The van der Waals surface area contributed by atoms with Crippen LogP contribution in [-0.4, -0.2) is 52.3 Å². The second-order valence-corrected chi connectivity index (χ2v) is 10.0. The fourth-order valence-electron chi connectivity index (χ4n) is 3.46. The topological polar surface area (TPSA) is 114 Å². The highest BCUT2D eigenvalue weighted by Gasteiger charge is 2.21. The molecule has 0 radical (unpaired) electrons. The summed E-state index contributed by atoms with van der Waals surface area (Å²) in [5.41, 5.74) is 1.24. The summed E-state index contributed by atoms with van der Waals surface area (Å²) in [6.45, 7) is 4.84. The molecule has 1 atom stereocenters. The number of para-hydroxylation sites is 1. The number of carbonyl (C=O) groups is 2. The summed E-state index contributed by atoms with van der Waals surface area (Å²) in [7, 11) is -3.58. The summed E-state index contributed by atoms with van der Waals surface area (Å²) in [6.07, 6.45) is 2.28. The van der Waals surface area contributed by atoms with E-state index in [1.807, 2.05) is 13.8 Å². The molecule has 0 bridgehead atoms. The number of hydrogen-bond acceptors (Lipinski definition) is 6. The fourth-order valence-corrected chi connectivity index (χ4v) is 4.42. The van der Waals surface area contributed by atoms with Gasteiger partial charge in [-0.25, -0.2) is 8.42 Å². The van der Waals surface area contributed by atoms with Crippen LogP contribution in [0.5, 0.6) is 11.5 Å². The van der Waals surface area contributed by atoms with Gasteiger partial charge in [0.25, 0.3) is 5.91 Å². The Hall–Kier alpha value is -3.27.